The molecular weight excluding hydrogens is 264 g/mol. The van der Waals surface area contributed by atoms with Crippen LogP contribution < -0.4 is 10.2 Å². The number of urea groups is 1. The van der Waals surface area contributed by atoms with Gasteiger partial charge in [-0.1, -0.05) is 0 Å². The van der Waals surface area contributed by atoms with E-state index >= 15 is 0 Å². The van der Waals surface area contributed by atoms with Gasteiger partial charge in [-0.25, -0.2) is 4.79 Å². The standard InChI is InChI=1S/C12H12N4O4/c17-10-3-1-9(2-4-10)16(7-11(18)19)12(20)15-8-5-13-14-6-8/h1-6,17H,7H2,(H,13,14)(H,15,20)(H,18,19). The maximum atomic E-state index is 12.1. The predicted molar refractivity (Wildman–Crippen MR) is 70.7 cm³/mol. The van der Waals surface area contributed by atoms with Gasteiger partial charge in [-0.05, 0) is 24.3 Å². The van der Waals surface area contributed by atoms with Gasteiger partial charge in [0.2, 0.25) is 0 Å². The van der Waals surface area contributed by atoms with Crippen molar-refractivity contribution in [2.45, 2.75) is 0 Å². The van der Waals surface area contributed by atoms with Crippen molar-refractivity contribution in [1.82, 2.24) is 10.2 Å². The first kappa shape index (κ1) is 13.4. The van der Waals surface area contributed by atoms with Crippen LogP contribution in [0.3, 0.4) is 0 Å². The third-order valence-corrected chi connectivity index (χ3v) is 2.45. The van der Waals surface area contributed by atoms with E-state index in [4.69, 9.17) is 5.11 Å². The van der Waals surface area contributed by atoms with Crippen LogP contribution in [-0.2, 0) is 4.79 Å². The van der Waals surface area contributed by atoms with E-state index in [1.165, 1.54) is 36.7 Å². The average Bonchev–Trinajstić information content (AvgIpc) is 2.89. The molecule has 0 spiro atoms. The molecule has 104 valence electrons. The molecule has 1 aromatic heterocycles. The van der Waals surface area contributed by atoms with Gasteiger partial charge in [0.25, 0.3) is 0 Å². The minimum atomic E-state index is -1.15. The molecular formula is C12H12N4O4. The molecule has 2 amide bonds. The Bertz CT molecular complexity index is 594. The number of aliphatic carboxylic acids is 1. The number of carboxylic acid groups (broad SMARTS) is 1. The van der Waals surface area contributed by atoms with Crippen molar-refractivity contribution in [3.63, 3.8) is 0 Å². The van der Waals surface area contributed by atoms with Crippen molar-refractivity contribution >= 4 is 23.4 Å². The first-order chi connectivity index (χ1) is 9.56. The fraction of sp³-hybridized carbons (Fsp3) is 0.0833. The zero-order valence-corrected chi connectivity index (χ0v) is 10.3. The molecule has 0 bridgehead atoms. The second kappa shape index (κ2) is 5.74. The number of carbonyl (C=O) groups excluding carboxylic acids is 1. The summed E-state index contributed by atoms with van der Waals surface area (Å²) in [5.74, 6) is -1.13. The van der Waals surface area contributed by atoms with Crippen LogP contribution in [0.2, 0.25) is 0 Å². The highest BCUT2D eigenvalue weighted by atomic mass is 16.4. The molecule has 8 nitrogen and oxygen atoms in total. The van der Waals surface area contributed by atoms with Crippen molar-refractivity contribution in [1.29, 1.82) is 0 Å². The van der Waals surface area contributed by atoms with E-state index in [9.17, 15) is 14.7 Å². The molecule has 1 heterocycles. The molecule has 1 aromatic carbocycles. The number of H-pyrrole nitrogens is 1. The van der Waals surface area contributed by atoms with Gasteiger partial charge in [0.05, 0.1) is 11.9 Å². The zero-order valence-electron chi connectivity index (χ0n) is 10.3. The number of hydrogen-bond donors (Lipinski definition) is 4. The van der Waals surface area contributed by atoms with Crippen LogP contribution in [-0.4, -0.2) is 39.0 Å². The first-order valence-corrected chi connectivity index (χ1v) is 5.64. The third-order valence-electron chi connectivity index (χ3n) is 2.45. The fourth-order valence-electron chi connectivity index (χ4n) is 1.56. The summed E-state index contributed by atoms with van der Waals surface area (Å²) in [6.45, 7) is -0.505. The van der Waals surface area contributed by atoms with E-state index in [1.807, 2.05) is 0 Å². The summed E-state index contributed by atoms with van der Waals surface area (Å²) < 4.78 is 0. The summed E-state index contributed by atoms with van der Waals surface area (Å²) in [7, 11) is 0. The van der Waals surface area contributed by atoms with Crippen molar-refractivity contribution in [3.05, 3.63) is 36.7 Å². The molecule has 2 rings (SSSR count). The lowest BCUT2D eigenvalue weighted by Crippen LogP contribution is -2.38. The Hall–Kier alpha value is -3.03. The van der Waals surface area contributed by atoms with Crippen LogP contribution >= 0.6 is 0 Å². The van der Waals surface area contributed by atoms with Gasteiger partial charge in [-0.2, -0.15) is 5.10 Å². The highest BCUT2D eigenvalue weighted by Gasteiger charge is 2.19. The topological polar surface area (TPSA) is 119 Å². The van der Waals surface area contributed by atoms with E-state index in [0.717, 1.165) is 4.90 Å². The van der Waals surface area contributed by atoms with Gasteiger partial charge in [0.15, 0.2) is 0 Å². The quantitative estimate of drug-likeness (QED) is 0.670. The lowest BCUT2D eigenvalue weighted by molar-refractivity contribution is -0.135. The second-order valence-electron chi connectivity index (χ2n) is 3.91. The van der Waals surface area contributed by atoms with Crippen molar-refractivity contribution in [2.24, 2.45) is 0 Å². The largest absolute Gasteiger partial charge is 0.508 e. The van der Waals surface area contributed by atoms with Crippen molar-refractivity contribution in [2.75, 3.05) is 16.8 Å². The van der Waals surface area contributed by atoms with Gasteiger partial charge < -0.3 is 15.5 Å². The number of hydrogen-bond acceptors (Lipinski definition) is 4. The van der Waals surface area contributed by atoms with Gasteiger partial charge in [-0.15, -0.1) is 0 Å². The summed E-state index contributed by atoms with van der Waals surface area (Å²) in [4.78, 5) is 24.0. The van der Waals surface area contributed by atoms with Gasteiger partial charge >= 0.3 is 12.0 Å². The number of aromatic amines is 1. The van der Waals surface area contributed by atoms with Crippen LogP contribution in [0.15, 0.2) is 36.7 Å². The van der Waals surface area contributed by atoms with Gasteiger partial charge in [0.1, 0.15) is 12.3 Å². The number of carboxylic acids is 1. The first-order valence-electron chi connectivity index (χ1n) is 5.64. The Morgan fingerprint density at radius 1 is 1.30 bits per heavy atom. The van der Waals surface area contributed by atoms with E-state index in [1.54, 1.807) is 0 Å². The number of benzene rings is 1. The summed E-state index contributed by atoms with van der Waals surface area (Å²) in [6, 6.07) is 5.03. The molecule has 0 radical (unpaired) electrons. The maximum absolute atomic E-state index is 12.1. The van der Waals surface area contributed by atoms with Crippen molar-refractivity contribution < 1.29 is 19.8 Å². The van der Waals surface area contributed by atoms with E-state index in [2.05, 4.69) is 15.5 Å². The summed E-state index contributed by atoms with van der Waals surface area (Å²) >= 11 is 0. The molecule has 0 aliphatic carbocycles. The van der Waals surface area contributed by atoms with Gasteiger partial charge in [0, 0.05) is 11.9 Å². The number of carbonyl (C=O) groups is 2. The molecule has 0 atom stereocenters. The van der Waals surface area contributed by atoms with Crippen LogP contribution in [0, 0.1) is 0 Å². The molecule has 2 aromatic rings. The number of phenolic OH excluding ortho intramolecular Hbond substituents is 1. The van der Waals surface area contributed by atoms with Crippen LogP contribution in [0.1, 0.15) is 0 Å². The number of aromatic hydroxyl groups is 1. The molecule has 0 fully saturated rings. The monoisotopic (exact) mass is 276 g/mol. The minimum Gasteiger partial charge on any atom is -0.508 e. The molecule has 0 aliphatic rings. The number of nitrogens with zero attached hydrogens (tertiary/aromatic N) is 2. The Kier molecular flexibility index (Phi) is 3.85. The predicted octanol–water partition coefficient (Wildman–Crippen LogP) is 1.24. The van der Waals surface area contributed by atoms with Crippen LogP contribution in [0.4, 0.5) is 16.2 Å². The average molecular weight is 276 g/mol. The van der Waals surface area contributed by atoms with E-state index in [0.29, 0.717) is 11.4 Å². The van der Waals surface area contributed by atoms with Crippen molar-refractivity contribution in [3.8, 4) is 5.75 Å². The normalized spacial score (nSPS) is 10.0. The molecule has 0 unspecified atom stereocenters. The lowest BCUT2D eigenvalue weighted by Gasteiger charge is -2.20. The summed E-state index contributed by atoms with van der Waals surface area (Å²) in [5.41, 5.74) is 0.773. The molecule has 8 heteroatoms. The Labute approximate surface area is 113 Å². The number of amides is 2. The van der Waals surface area contributed by atoms with Crippen LogP contribution in [0.5, 0.6) is 5.75 Å². The van der Waals surface area contributed by atoms with E-state index < -0.39 is 18.5 Å². The number of rotatable bonds is 4. The smallest absolute Gasteiger partial charge is 0.326 e. The Morgan fingerprint density at radius 2 is 2.00 bits per heavy atom. The highest BCUT2D eigenvalue weighted by molar-refractivity contribution is 6.04. The van der Waals surface area contributed by atoms with Crippen LogP contribution in [0.25, 0.3) is 0 Å². The number of phenols is 1. The SMILES string of the molecule is O=C(O)CN(C(=O)Nc1cn[nH]c1)c1ccc(O)cc1. The molecule has 0 saturated heterocycles. The highest BCUT2D eigenvalue weighted by Crippen LogP contribution is 2.19. The summed E-state index contributed by atoms with van der Waals surface area (Å²) in [6.07, 6.45) is 2.86. The second-order valence-corrected chi connectivity index (χ2v) is 3.91. The lowest BCUT2D eigenvalue weighted by atomic mass is 10.2. The fourth-order valence-corrected chi connectivity index (χ4v) is 1.56. The molecule has 4 N–H and O–H groups in total. The van der Waals surface area contributed by atoms with Gasteiger partial charge in [-0.3, -0.25) is 14.8 Å². The number of anilines is 2. The van der Waals surface area contributed by atoms with E-state index in [-0.39, 0.29) is 5.75 Å². The Balaban J connectivity index is 2.20. The minimum absolute atomic E-state index is 0.0271. The number of aromatic nitrogens is 2. The molecule has 20 heavy (non-hydrogen) atoms. The summed E-state index contributed by atoms with van der Waals surface area (Å²) in [5, 5.41) is 26.8. The Morgan fingerprint density at radius 3 is 2.55 bits per heavy atom. The third kappa shape index (κ3) is 3.25. The maximum Gasteiger partial charge on any atom is 0.326 e. The zero-order chi connectivity index (χ0) is 14.5. The number of nitrogens with one attached hydrogen (secondary N) is 2. The molecule has 0 saturated carbocycles. The molecule has 0 aliphatic heterocycles.